The molecular weight excluding hydrogens is 362 g/mol. The number of anilines is 1. The van der Waals surface area contributed by atoms with Gasteiger partial charge in [0.1, 0.15) is 5.75 Å². The van der Waals surface area contributed by atoms with E-state index in [9.17, 15) is 4.79 Å². The third-order valence-electron chi connectivity index (χ3n) is 5.86. The number of aromatic nitrogens is 1. The third kappa shape index (κ3) is 4.24. The van der Waals surface area contributed by atoms with Gasteiger partial charge in [-0.25, -0.2) is 0 Å². The molecule has 0 aliphatic carbocycles. The predicted octanol–water partition coefficient (Wildman–Crippen LogP) is 3.95. The van der Waals surface area contributed by atoms with Crippen molar-refractivity contribution in [1.29, 1.82) is 0 Å². The molecule has 1 aliphatic heterocycles. The molecule has 29 heavy (non-hydrogen) atoms. The van der Waals surface area contributed by atoms with E-state index in [0.717, 1.165) is 50.6 Å². The van der Waals surface area contributed by atoms with Crippen molar-refractivity contribution < 1.29 is 9.53 Å². The highest BCUT2D eigenvalue weighted by Gasteiger charge is 2.21. The van der Waals surface area contributed by atoms with Crippen LogP contribution in [0, 0.1) is 0 Å². The molecule has 5 heteroatoms. The summed E-state index contributed by atoms with van der Waals surface area (Å²) in [5, 5.41) is 1.26. The summed E-state index contributed by atoms with van der Waals surface area (Å²) in [5.41, 5.74) is 3.64. The molecule has 0 saturated carbocycles. The van der Waals surface area contributed by atoms with Crippen molar-refractivity contribution in [2.45, 2.75) is 26.3 Å². The van der Waals surface area contributed by atoms with Crippen molar-refractivity contribution >= 4 is 22.5 Å². The number of carbonyl (C=O) groups is 1. The van der Waals surface area contributed by atoms with Crippen LogP contribution in [0.1, 0.15) is 18.9 Å². The number of fused-ring (bicyclic) bond motifs is 1. The fourth-order valence-corrected chi connectivity index (χ4v) is 4.09. The standard InChI is InChI=1S/C24H29N3O2/c1-3-25-12-11-20-9-7-19(17-23(20)25)8-10-24(28)27-15-13-26(14-16-27)21-5-4-6-22(18-21)29-2/h4-7,9,11-12,17-18H,3,8,10,13-16H2,1-2H3. The van der Waals surface area contributed by atoms with E-state index in [1.54, 1.807) is 7.11 Å². The summed E-state index contributed by atoms with van der Waals surface area (Å²) in [7, 11) is 1.69. The molecule has 1 saturated heterocycles. The molecule has 4 rings (SSSR count). The maximum absolute atomic E-state index is 12.7. The zero-order valence-electron chi connectivity index (χ0n) is 17.3. The summed E-state index contributed by atoms with van der Waals surface area (Å²) in [6.07, 6.45) is 3.48. The quantitative estimate of drug-likeness (QED) is 0.639. The molecule has 0 N–H and O–H groups in total. The van der Waals surface area contributed by atoms with Crippen LogP contribution in [0.4, 0.5) is 5.69 Å². The summed E-state index contributed by atoms with van der Waals surface area (Å²) in [5.74, 6) is 1.12. The summed E-state index contributed by atoms with van der Waals surface area (Å²) in [6, 6.07) is 16.8. The first-order valence-electron chi connectivity index (χ1n) is 10.4. The molecule has 1 aliphatic rings. The highest BCUT2D eigenvalue weighted by Crippen LogP contribution is 2.23. The second-order valence-electron chi connectivity index (χ2n) is 7.56. The highest BCUT2D eigenvalue weighted by molar-refractivity contribution is 5.81. The smallest absolute Gasteiger partial charge is 0.223 e. The topological polar surface area (TPSA) is 37.7 Å². The lowest BCUT2D eigenvalue weighted by Crippen LogP contribution is -2.48. The van der Waals surface area contributed by atoms with Crippen LogP contribution < -0.4 is 9.64 Å². The lowest BCUT2D eigenvalue weighted by atomic mass is 10.1. The molecular formula is C24H29N3O2. The SMILES string of the molecule is CCn1ccc2ccc(CCC(=O)N3CCN(c4cccc(OC)c4)CC3)cc21. The van der Waals surface area contributed by atoms with Crippen LogP contribution in [-0.2, 0) is 17.8 Å². The lowest BCUT2D eigenvalue weighted by molar-refractivity contribution is -0.131. The molecule has 3 aromatic rings. The minimum Gasteiger partial charge on any atom is -0.497 e. The minimum absolute atomic E-state index is 0.251. The van der Waals surface area contributed by atoms with Gasteiger partial charge in [-0.1, -0.05) is 18.2 Å². The second kappa shape index (κ2) is 8.60. The lowest BCUT2D eigenvalue weighted by Gasteiger charge is -2.36. The molecule has 0 radical (unpaired) electrons. The average Bonchev–Trinajstić information content (AvgIpc) is 3.20. The van der Waals surface area contributed by atoms with Gasteiger partial charge in [0.15, 0.2) is 0 Å². The summed E-state index contributed by atoms with van der Waals surface area (Å²) < 4.78 is 7.57. The first kappa shape index (κ1) is 19.4. The number of methoxy groups -OCH3 is 1. The van der Waals surface area contributed by atoms with Gasteiger partial charge in [0.05, 0.1) is 7.11 Å². The van der Waals surface area contributed by atoms with Gasteiger partial charge in [-0.15, -0.1) is 0 Å². The van der Waals surface area contributed by atoms with Gasteiger partial charge in [-0.2, -0.15) is 0 Å². The average molecular weight is 392 g/mol. The van der Waals surface area contributed by atoms with E-state index in [-0.39, 0.29) is 5.91 Å². The Morgan fingerprint density at radius 1 is 1.03 bits per heavy atom. The number of nitrogens with zero attached hydrogens (tertiary/aromatic N) is 3. The zero-order valence-corrected chi connectivity index (χ0v) is 17.3. The maximum Gasteiger partial charge on any atom is 0.223 e. The van der Waals surface area contributed by atoms with Gasteiger partial charge in [0, 0.05) is 62.6 Å². The Kier molecular flexibility index (Phi) is 5.74. The summed E-state index contributed by atoms with van der Waals surface area (Å²) in [6.45, 7) is 6.37. The monoisotopic (exact) mass is 391 g/mol. The van der Waals surface area contributed by atoms with Crippen LogP contribution in [0.2, 0.25) is 0 Å². The Hall–Kier alpha value is -2.95. The maximum atomic E-state index is 12.7. The van der Waals surface area contributed by atoms with Gasteiger partial charge in [-0.3, -0.25) is 4.79 Å². The van der Waals surface area contributed by atoms with Gasteiger partial charge in [-0.05, 0) is 48.6 Å². The highest BCUT2D eigenvalue weighted by atomic mass is 16.5. The van der Waals surface area contributed by atoms with Crippen molar-refractivity contribution in [3.63, 3.8) is 0 Å². The Bertz CT molecular complexity index is 987. The Balaban J connectivity index is 1.32. The number of ether oxygens (including phenoxy) is 1. The molecule has 0 unspecified atom stereocenters. The van der Waals surface area contributed by atoms with Gasteiger partial charge in [0.25, 0.3) is 0 Å². The number of rotatable bonds is 6. The van der Waals surface area contributed by atoms with E-state index in [4.69, 9.17) is 4.74 Å². The molecule has 0 bridgehead atoms. The van der Waals surface area contributed by atoms with Crippen LogP contribution in [0.5, 0.6) is 5.75 Å². The van der Waals surface area contributed by atoms with Crippen molar-refractivity contribution in [1.82, 2.24) is 9.47 Å². The molecule has 1 aromatic heterocycles. The van der Waals surface area contributed by atoms with E-state index in [0.29, 0.717) is 6.42 Å². The molecule has 1 fully saturated rings. The second-order valence-corrected chi connectivity index (χ2v) is 7.56. The molecule has 152 valence electrons. The number of benzene rings is 2. The van der Waals surface area contributed by atoms with Crippen LogP contribution in [0.15, 0.2) is 54.7 Å². The number of hydrogen-bond acceptors (Lipinski definition) is 3. The van der Waals surface area contributed by atoms with E-state index in [1.165, 1.54) is 16.5 Å². The largest absolute Gasteiger partial charge is 0.497 e. The molecule has 5 nitrogen and oxygen atoms in total. The van der Waals surface area contributed by atoms with Crippen molar-refractivity contribution in [2.24, 2.45) is 0 Å². The van der Waals surface area contributed by atoms with Crippen molar-refractivity contribution in [2.75, 3.05) is 38.2 Å². The van der Waals surface area contributed by atoms with Crippen molar-refractivity contribution in [3.8, 4) is 5.75 Å². The number of hydrogen-bond donors (Lipinski definition) is 0. The molecule has 0 atom stereocenters. The van der Waals surface area contributed by atoms with E-state index in [2.05, 4.69) is 59.0 Å². The molecule has 0 spiro atoms. The molecule has 2 heterocycles. The Morgan fingerprint density at radius 2 is 1.86 bits per heavy atom. The van der Waals surface area contributed by atoms with E-state index < -0.39 is 0 Å². The molecule has 2 aromatic carbocycles. The summed E-state index contributed by atoms with van der Waals surface area (Å²) in [4.78, 5) is 17.1. The minimum atomic E-state index is 0.251. The first-order chi connectivity index (χ1) is 14.2. The van der Waals surface area contributed by atoms with Crippen LogP contribution in [0.3, 0.4) is 0 Å². The number of carbonyl (C=O) groups excluding carboxylic acids is 1. The van der Waals surface area contributed by atoms with E-state index in [1.807, 2.05) is 17.0 Å². The fourth-order valence-electron chi connectivity index (χ4n) is 4.09. The number of piperazine rings is 1. The third-order valence-corrected chi connectivity index (χ3v) is 5.86. The first-order valence-corrected chi connectivity index (χ1v) is 10.4. The fraction of sp³-hybridized carbons (Fsp3) is 0.375. The normalized spacial score (nSPS) is 14.4. The van der Waals surface area contributed by atoms with Gasteiger partial charge in [0.2, 0.25) is 5.91 Å². The van der Waals surface area contributed by atoms with Crippen molar-refractivity contribution in [3.05, 3.63) is 60.3 Å². The van der Waals surface area contributed by atoms with Crippen LogP contribution in [-0.4, -0.2) is 48.7 Å². The van der Waals surface area contributed by atoms with Crippen LogP contribution >= 0.6 is 0 Å². The summed E-state index contributed by atoms with van der Waals surface area (Å²) >= 11 is 0. The zero-order chi connectivity index (χ0) is 20.2. The Labute approximate surface area is 172 Å². The predicted molar refractivity (Wildman–Crippen MR) is 118 cm³/mol. The van der Waals surface area contributed by atoms with Crippen LogP contribution in [0.25, 0.3) is 10.9 Å². The number of aryl methyl sites for hydroxylation is 2. The Morgan fingerprint density at radius 3 is 2.62 bits per heavy atom. The van der Waals surface area contributed by atoms with Gasteiger partial charge < -0.3 is 19.1 Å². The van der Waals surface area contributed by atoms with Gasteiger partial charge >= 0.3 is 0 Å². The number of amides is 1. The van der Waals surface area contributed by atoms with E-state index >= 15 is 0 Å². The molecule has 1 amide bonds.